The summed E-state index contributed by atoms with van der Waals surface area (Å²) in [5, 5.41) is 10.3. The van der Waals surface area contributed by atoms with Crippen LogP contribution in [0.5, 0.6) is 0 Å². The first-order valence-electron chi connectivity index (χ1n) is 5.85. The molecule has 1 aromatic heterocycles. The van der Waals surface area contributed by atoms with Crippen LogP contribution in [0.4, 0.5) is 0 Å². The molecule has 0 aliphatic heterocycles. The Morgan fingerprint density at radius 2 is 2.00 bits per heavy atom. The van der Waals surface area contributed by atoms with Gasteiger partial charge in [-0.2, -0.15) is 0 Å². The minimum absolute atomic E-state index is 0.260. The monoisotopic (exact) mass is 253 g/mol. The molecule has 0 amide bonds. The molecule has 94 valence electrons. The van der Waals surface area contributed by atoms with Crippen LogP contribution in [0.2, 0.25) is 0 Å². The molecule has 0 saturated carbocycles. The van der Waals surface area contributed by atoms with Crippen molar-refractivity contribution >= 4 is 17.0 Å². The van der Waals surface area contributed by atoms with Crippen LogP contribution in [0.3, 0.4) is 0 Å². The summed E-state index contributed by atoms with van der Waals surface area (Å²) in [6, 6.07) is 14.7. The van der Waals surface area contributed by atoms with Crippen molar-refractivity contribution in [3.05, 3.63) is 59.7 Å². The standard InChI is InChI=1S/C14H11N3O2/c18-14(19-9-10-4-2-1-3-5-10)11-6-7-12-13(8-11)16-17-15-12/h1-8H,9H2,(H,15,16,17). The quantitative estimate of drug-likeness (QED) is 0.727. The summed E-state index contributed by atoms with van der Waals surface area (Å²) in [6.45, 7) is 0.260. The number of esters is 1. The topological polar surface area (TPSA) is 67.9 Å². The third kappa shape index (κ3) is 2.44. The third-order valence-corrected chi connectivity index (χ3v) is 2.77. The highest BCUT2D eigenvalue weighted by atomic mass is 16.5. The summed E-state index contributed by atoms with van der Waals surface area (Å²) in [6.07, 6.45) is 0. The lowest BCUT2D eigenvalue weighted by Gasteiger charge is -2.04. The maximum Gasteiger partial charge on any atom is 0.338 e. The number of benzene rings is 2. The summed E-state index contributed by atoms with van der Waals surface area (Å²) in [7, 11) is 0. The van der Waals surface area contributed by atoms with E-state index in [1.165, 1.54) is 0 Å². The predicted molar refractivity (Wildman–Crippen MR) is 69.5 cm³/mol. The number of hydrogen-bond donors (Lipinski definition) is 1. The lowest BCUT2D eigenvalue weighted by molar-refractivity contribution is 0.0473. The molecular weight excluding hydrogens is 242 g/mol. The van der Waals surface area contributed by atoms with Crippen LogP contribution in [-0.2, 0) is 11.3 Å². The highest BCUT2D eigenvalue weighted by molar-refractivity contribution is 5.93. The minimum atomic E-state index is -0.367. The molecule has 0 saturated heterocycles. The molecule has 3 aromatic rings. The van der Waals surface area contributed by atoms with Gasteiger partial charge in [0, 0.05) is 0 Å². The summed E-state index contributed by atoms with van der Waals surface area (Å²) in [5.41, 5.74) is 2.87. The predicted octanol–water partition coefficient (Wildman–Crippen LogP) is 2.31. The highest BCUT2D eigenvalue weighted by Crippen LogP contribution is 2.12. The number of hydrogen-bond acceptors (Lipinski definition) is 4. The van der Waals surface area contributed by atoms with E-state index in [9.17, 15) is 4.79 Å². The van der Waals surface area contributed by atoms with Crippen molar-refractivity contribution in [1.29, 1.82) is 0 Å². The number of nitrogens with one attached hydrogen (secondary N) is 1. The Balaban J connectivity index is 1.73. The van der Waals surface area contributed by atoms with E-state index in [1.807, 2.05) is 30.3 Å². The third-order valence-electron chi connectivity index (χ3n) is 2.77. The molecule has 0 aliphatic carbocycles. The molecule has 0 fully saturated rings. The van der Waals surface area contributed by atoms with Gasteiger partial charge >= 0.3 is 5.97 Å². The van der Waals surface area contributed by atoms with Crippen molar-refractivity contribution in [3.8, 4) is 0 Å². The molecule has 0 unspecified atom stereocenters. The van der Waals surface area contributed by atoms with Gasteiger partial charge in [-0.25, -0.2) is 4.79 Å². The summed E-state index contributed by atoms with van der Waals surface area (Å²) < 4.78 is 5.24. The lowest BCUT2D eigenvalue weighted by Crippen LogP contribution is -2.05. The number of H-pyrrole nitrogens is 1. The molecule has 3 rings (SSSR count). The van der Waals surface area contributed by atoms with Crippen LogP contribution >= 0.6 is 0 Å². The average Bonchev–Trinajstić information content (AvgIpc) is 2.93. The second-order valence-corrected chi connectivity index (χ2v) is 4.11. The SMILES string of the molecule is O=C(OCc1ccccc1)c1ccc2[nH]nnc2c1. The molecule has 5 nitrogen and oxygen atoms in total. The number of aromatic nitrogens is 3. The van der Waals surface area contributed by atoms with E-state index in [-0.39, 0.29) is 12.6 Å². The second-order valence-electron chi connectivity index (χ2n) is 4.11. The highest BCUT2D eigenvalue weighted by Gasteiger charge is 2.09. The minimum Gasteiger partial charge on any atom is -0.457 e. The zero-order chi connectivity index (χ0) is 13.1. The van der Waals surface area contributed by atoms with Crippen molar-refractivity contribution in [2.45, 2.75) is 6.61 Å². The Morgan fingerprint density at radius 3 is 2.84 bits per heavy atom. The van der Waals surface area contributed by atoms with Crippen molar-refractivity contribution in [2.24, 2.45) is 0 Å². The van der Waals surface area contributed by atoms with Gasteiger partial charge < -0.3 is 4.74 Å². The molecule has 0 radical (unpaired) electrons. The number of nitrogens with zero attached hydrogens (tertiary/aromatic N) is 2. The number of carbonyl (C=O) groups excluding carboxylic acids is 1. The molecule has 1 heterocycles. The van der Waals surface area contributed by atoms with Crippen molar-refractivity contribution in [1.82, 2.24) is 15.4 Å². The van der Waals surface area contributed by atoms with E-state index in [0.717, 1.165) is 11.1 Å². The van der Waals surface area contributed by atoms with Crippen molar-refractivity contribution in [3.63, 3.8) is 0 Å². The number of fused-ring (bicyclic) bond motifs is 1. The first kappa shape index (κ1) is 11.4. The Bertz CT molecular complexity index is 707. The van der Waals surface area contributed by atoms with E-state index < -0.39 is 0 Å². The van der Waals surface area contributed by atoms with Crippen molar-refractivity contribution < 1.29 is 9.53 Å². The molecule has 5 heteroatoms. The van der Waals surface area contributed by atoms with Gasteiger partial charge in [0.15, 0.2) is 0 Å². The van der Waals surface area contributed by atoms with Crippen LogP contribution in [0.25, 0.3) is 11.0 Å². The lowest BCUT2D eigenvalue weighted by atomic mass is 10.2. The molecule has 2 aromatic carbocycles. The number of carbonyl (C=O) groups is 1. The maximum atomic E-state index is 11.9. The van der Waals surface area contributed by atoms with E-state index in [4.69, 9.17) is 4.74 Å². The molecule has 19 heavy (non-hydrogen) atoms. The second kappa shape index (κ2) is 4.89. The van der Waals surface area contributed by atoms with Gasteiger partial charge in [-0.1, -0.05) is 35.5 Å². The van der Waals surface area contributed by atoms with Crippen LogP contribution in [-0.4, -0.2) is 21.4 Å². The fraction of sp³-hybridized carbons (Fsp3) is 0.0714. The fourth-order valence-corrected chi connectivity index (χ4v) is 1.78. The first-order valence-corrected chi connectivity index (χ1v) is 5.85. The van der Waals surface area contributed by atoms with Crippen molar-refractivity contribution in [2.75, 3.05) is 0 Å². The Labute approximate surface area is 109 Å². The summed E-state index contributed by atoms with van der Waals surface area (Å²) in [4.78, 5) is 11.9. The molecule has 1 N–H and O–H groups in total. The molecule has 0 aliphatic rings. The van der Waals surface area contributed by atoms with Crippen LogP contribution < -0.4 is 0 Å². The normalized spacial score (nSPS) is 10.5. The van der Waals surface area contributed by atoms with Gasteiger partial charge in [-0.15, -0.1) is 5.10 Å². The average molecular weight is 253 g/mol. The fourth-order valence-electron chi connectivity index (χ4n) is 1.78. The molecule has 0 spiro atoms. The number of aromatic amines is 1. The Hall–Kier alpha value is -2.69. The Kier molecular flexibility index (Phi) is 2.94. The van der Waals surface area contributed by atoms with Gasteiger partial charge in [-0.05, 0) is 23.8 Å². The van der Waals surface area contributed by atoms with Gasteiger partial charge in [0.2, 0.25) is 0 Å². The van der Waals surface area contributed by atoms with Gasteiger partial charge in [0.1, 0.15) is 12.1 Å². The van der Waals surface area contributed by atoms with E-state index in [2.05, 4.69) is 15.4 Å². The molecular formula is C14H11N3O2. The Morgan fingerprint density at radius 1 is 1.16 bits per heavy atom. The zero-order valence-electron chi connectivity index (χ0n) is 10.0. The first-order chi connectivity index (χ1) is 9.33. The zero-order valence-corrected chi connectivity index (χ0v) is 10.0. The number of ether oxygens (including phenoxy) is 1. The largest absolute Gasteiger partial charge is 0.457 e. The van der Waals surface area contributed by atoms with Crippen LogP contribution in [0.15, 0.2) is 48.5 Å². The number of rotatable bonds is 3. The van der Waals surface area contributed by atoms with E-state index in [0.29, 0.717) is 11.1 Å². The van der Waals surface area contributed by atoms with E-state index >= 15 is 0 Å². The maximum absolute atomic E-state index is 11.9. The van der Waals surface area contributed by atoms with Gasteiger partial charge in [0.05, 0.1) is 11.1 Å². The van der Waals surface area contributed by atoms with Gasteiger partial charge in [0.25, 0.3) is 0 Å². The summed E-state index contributed by atoms with van der Waals surface area (Å²) >= 11 is 0. The summed E-state index contributed by atoms with van der Waals surface area (Å²) in [5.74, 6) is -0.367. The van der Waals surface area contributed by atoms with E-state index in [1.54, 1.807) is 18.2 Å². The smallest absolute Gasteiger partial charge is 0.338 e. The van der Waals surface area contributed by atoms with Crippen LogP contribution in [0, 0.1) is 0 Å². The molecule has 0 atom stereocenters. The van der Waals surface area contributed by atoms with Gasteiger partial charge in [-0.3, -0.25) is 5.10 Å². The molecule has 0 bridgehead atoms. The van der Waals surface area contributed by atoms with Crippen LogP contribution in [0.1, 0.15) is 15.9 Å².